The lowest BCUT2D eigenvalue weighted by atomic mass is 10.3. The summed E-state index contributed by atoms with van der Waals surface area (Å²) in [5, 5.41) is 16.1. The van der Waals surface area contributed by atoms with Crippen LogP contribution in [-0.4, -0.2) is 30.6 Å². The van der Waals surface area contributed by atoms with Gasteiger partial charge in [0, 0.05) is 18.6 Å². The van der Waals surface area contributed by atoms with Gasteiger partial charge in [-0.05, 0) is 18.2 Å². The first-order chi connectivity index (χ1) is 9.25. The van der Waals surface area contributed by atoms with Gasteiger partial charge in [0.25, 0.3) is 5.91 Å². The number of nitrogens with one attached hydrogen (secondary N) is 1. The van der Waals surface area contributed by atoms with Gasteiger partial charge in [0.1, 0.15) is 5.56 Å². The van der Waals surface area contributed by atoms with Crippen molar-refractivity contribution in [1.82, 2.24) is 19.6 Å². The minimum absolute atomic E-state index is 0.0970. The molecule has 0 fully saturated rings. The Hall–Kier alpha value is -2.96. The topological polar surface area (TPSA) is 92.4 Å². The number of hydrogen-bond acceptors (Lipinski definition) is 5. The molecule has 0 radical (unpaired) electrons. The molecule has 0 aliphatic heterocycles. The molecule has 7 nitrogen and oxygen atoms in total. The van der Waals surface area contributed by atoms with Gasteiger partial charge in [0.15, 0.2) is 17.2 Å². The molecule has 3 aromatic heterocycles. The van der Waals surface area contributed by atoms with Crippen LogP contribution in [0.5, 0.6) is 5.75 Å². The first-order valence-electron chi connectivity index (χ1n) is 5.49. The summed E-state index contributed by atoms with van der Waals surface area (Å²) in [4.78, 5) is 20.0. The predicted molar refractivity (Wildman–Crippen MR) is 66.8 cm³/mol. The highest BCUT2D eigenvalue weighted by Gasteiger charge is 2.15. The molecule has 1 amide bonds. The molecular weight excluding hydrogens is 246 g/mol. The summed E-state index contributed by atoms with van der Waals surface area (Å²) in [6.45, 7) is 0. The number of pyridine rings is 1. The van der Waals surface area contributed by atoms with E-state index in [2.05, 4.69) is 20.4 Å². The fourth-order valence-corrected chi connectivity index (χ4v) is 1.66. The van der Waals surface area contributed by atoms with Gasteiger partial charge >= 0.3 is 0 Å². The van der Waals surface area contributed by atoms with Crippen LogP contribution in [0.15, 0.2) is 43.0 Å². The molecule has 0 bridgehead atoms. The average molecular weight is 255 g/mol. The fourth-order valence-electron chi connectivity index (χ4n) is 1.66. The van der Waals surface area contributed by atoms with E-state index in [0.717, 1.165) is 0 Å². The average Bonchev–Trinajstić information content (AvgIpc) is 2.85. The standard InChI is InChI=1S/C12H9N5O2/c18-9-3-1-4-13-10(9)16-12(19)8-7-15-17-6-2-5-14-11(8)17/h1-7,18H,(H,13,16,19). The number of carbonyl (C=O) groups is 1. The number of carbonyl (C=O) groups excluding carboxylic acids is 1. The molecule has 2 N–H and O–H groups in total. The maximum absolute atomic E-state index is 12.1. The van der Waals surface area contributed by atoms with Crippen molar-refractivity contribution in [2.75, 3.05) is 5.32 Å². The number of hydrogen-bond donors (Lipinski definition) is 2. The quantitative estimate of drug-likeness (QED) is 0.714. The van der Waals surface area contributed by atoms with E-state index in [9.17, 15) is 9.90 Å². The zero-order valence-corrected chi connectivity index (χ0v) is 9.69. The maximum Gasteiger partial charge on any atom is 0.262 e. The third-order valence-corrected chi connectivity index (χ3v) is 2.54. The molecule has 3 aromatic rings. The normalized spacial score (nSPS) is 10.5. The summed E-state index contributed by atoms with van der Waals surface area (Å²) < 4.78 is 1.49. The highest BCUT2D eigenvalue weighted by molar-refractivity contribution is 6.08. The monoisotopic (exact) mass is 255 g/mol. The van der Waals surface area contributed by atoms with Gasteiger partial charge < -0.3 is 10.4 Å². The van der Waals surface area contributed by atoms with Gasteiger partial charge in [-0.25, -0.2) is 14.5 Å². The molecule has 0 aliphatic rings. The van der Waals surface area contributed by atoms with Crippen LogP contribution in [0.4, 0.5) is 5.82 Å². The molecule has 0 aliphatic carbocycles. The predicted octanol–water partition coefficient (Wildman–Crippen LogP) is 1.08. The number of amides is 1. The number of rotatable bonds is 2. The van der Waals surface area contributed by atoms with Crippen molar-refractivity contribution in [1.29, 1.82) is 0 Å². The van der Waals surface area contributed by atoms with Gasteiger partial charge in [-0.15, -0.1) is 0 Å². The molecule has 3 rings (SSSR count). The molecule has 0 aromatic carbocycles. The van der Waals surface area contributed by atoms with E-state index in [1.54, 1.807) is 24.5 Å². The summed E-state index contributed by atoms with van der Waals surface area (Å²) in [7, 11) is 0. The number of nitrogens with zero attached hydrogens (tertiary/aromatic N) is 4. The smallest absolute Gasteiger partial charge is 0.262 e. The van der Waals surface area contributed by atoms with Crippen molar-refractivity contribution in [3.63, 3.8) is 0 Å². The first-order valence-corrected chi connectivity index (χ1v) is 5.49. The van der Waals surface area contributed by atoms with Crippen LogP contribution in [0.3, 0.4) is 0 Å². The lowest BCUT2D eigenvalue weighted by molar-refractivity contribution is 0.102. The third kappa shape index (κ3) is 1.97. The van der Waals surface area contributed by atoms with Gasteiger partial charge in [0.2, 0.25) is 0 Å². The van der Waals surface area contributed by atoms with Crippen LogP contribution in [0.25, 0.3) is 5.65 Å². The molecule has 94 valence electrons. The summed E-state index contributed by atoms with van der Waals surface area (Å²) in [6.07, 6.45) is 6.16. The number of anilines is 1. The summed E-state index contributed by atoms with van der Waals surface area (Å²) in [5.41, 5.74) is 0.751. The maximum atomic E-state index is 12.1. The van der Waals surface area contributed by atoms with Gasteiger partial charge in [-0.3, -0.25) is 4.79 Å². The van der Waals surface area contributed by atoms with E-state index in [4.69, 9.17) is 0 Å². The van der Waals surface area contributed by atoms with E-state index < -0.39 is 5.91 Å². The zero-order valence-electron chi connectivity index (χ0n) is 9.69. The highest BCUT2D eigenvalue weighted by Crippen LogP contribution is 2.19. The highest BCUT2D eigenvalue weighted by atomic mass is 16.3. The SMILES string of the molecule is O=C(Nc1ncccc1O)c1cnn2cccnc12. The molecule has 0 unspecified atom stereocenters. The van der Waals surface area contributed by atoms with Gasteiger partial charge in [-0.1, -0.05) is 0 Å². The van der Waals surface area contributed by atoms with Crippen LogP contribution < -0.4 is 5.32 Å². The lowest BCUT2D eigenvalue weighted by Gasteiger charge is -2.04. The number of aromatic nitrogens is 4. The van der Waals surface area contributed by atoms with Crippen LogP contribution in [0.1, 0.15) is 10.4 Å². The van der Waals surface area contributed by atoms with Crippen LogP contribution >= 0.6 is 0 Å². The number of fused-ring (bicyclic) bond motifs is 1. The van der Waals surface area contributed by atoms with Crippen LogP contribution in [-0.2, 0) is 0 Å². The Morgan fingerprint density at radius 2 is 2.11 bits per heavy atom. The Morgan fingerprint density at radius 3 is 2.95 bits per heavy atom. The van der Waals surface area contributed by atoms with E-state index >= 15 is 0 Å². The molecule has 7 heteroatoms. The Kier molecular flexibility index (Phi) is 2.57. The van der Waals surface area contributed by atoms with Gasteiger partial charge in [-0.2, -0.15) is 5.10 Å². The molecule has 19 heavy (non-hydrogen) atoms. The molecule has 0 atom stereocenters. The first kappa shape index (κ1) is 11.1. The van der Waals surface area contributed by atoms with E-state index in [1.807, 2.05) is 0 Å². The third-order valence-electron chi connectivity index (χ3n) is 2.54. The van der Waals surface area contributed by atoms with E-state index in [0.29, 0.717) is 11.2 Å². The van der Waals surface area contributed by atoms with Gasteiger partial charge in [0.05, 0.1) is 6.20 Å². The van der Waals surface area contributed by atoms with Crippen LogP contribution in [0, 0.1) is 0 Å². The summed E-state index contributed by atoms with van der Waals surface area (Å²) >= 11 is 0. The number of aromatic hydroxyl groups is 1. The lowest BCUT2D eigenvalue weighted by Crippen LogP contribution is -2.13. The van der Waals surface area contributed by atoms with Crippen molar-refractivity contribution in [3.8, 4) is 5.75 Å². The van der Waals surface area contributed by atoms with E-state index in [-0.39, 0.29) is 11.6 Å². The minimum Gasteiger partial charge on any atom is -0.504 e. The molecular formula is C12H9N5O2. The van der Waals surface area contributed by atoms with Crippen molar-refractivity contribution in [2.45, 2.75) is 0 Å². The second-order valence-corrected chi connectivity index (χ2v) is 3.77. The minimum atomic E-state index is -0.428. The Balaban J connectivity index is 1.95. The zero-order chi connectivity index (χ0) is 13.2. The van der Waals surface area contributed by atoms with Crippen molar-refractivity contribution in [2.24, 2.45) is 0 Å². The molecule has 0 spiro atoms. The molecule has 0 saturated heterocycles. The Labute approximate surface area is 107 Å². The van der Waals surface area contributed by atoms with E-state index in [1.165, 1.54) is 23.0 Å². The second-order valence-electron chi connectivity index (χ2n) is 3.77. The van der Waals surface area contributed by atoms with Crippen molar-refractivity contribution >= 4 is 17.4 Å². The fraction of sp³-hybridized carbons (Fsp3) is 0. The molecule has 3 heterocycles. The second kappa shape index (κ2) is 4.37. The largest absolute Gasteiger partial charge is 0.504 e. The van der Waals surface area contributed by atoms with Crippen LogP contribution in [0.2, 0.25) is 0 Å². The Bertz CT molecular complexity index is 752. The Morgan fingerprint density at radius 1 is 1.26 bits per heavy atom. The molecule has 0 saturated carbocycles. The van der Waals surface area contributed by atoms with Crippen molar-refractivity contribution in [3.05, 3.63) is 48.5 Å². The summed E-state index contributed by atoms with van der Waals surface area (Å²) in [6, 6.07) is 4.73. The summed E-state index contributed by atoms with van der Waals surface area (Å²) in [5.74, 6) is -0.425. The van der Waals surface area contributed by atoms with Crippen molar-refractivity contribution < 1.29 is 9.90 Å².